The van der Waals surface area contributed by atoms with Gasteiger partial charge in [0.25, 0.3) is 0 Å². The number of hydrogen-bond donors (Lipinski definition) is 1. The van der Waals surface area contributed by atoms with Gasteiger partial charge in [-0.2, -0.15) is 12.6 Å². The summed E-state index contributed by atoms with van der Waals surface area (Å²) < 4.78 is 25.3. The first kappa shape index (κ1) is 27.0. The lowest BCUT2D eigenvalue weighted by Gasteiger charge is -2.14. The van der Waals surface area contributed by atoms with Crippen molar-refractivity contribution < 1.29 is 23.5 Å². The number of thiol groups is 1. The molecule has 0 spiro atoms. The van der Waals surface area contributed by atoms with Crippen LogP contribution in [0.3, 0.4) is 0 Å². The second-order valence-electron chi connectivity index (χ2n) is 8.10. The molecule has 36 heavy (non-hydrogen) atoms. The zero-order chi connectivity index (χ0) is 25.9. The number of hydrogen-bond acceptors (Lipinski definition) is 5. The summed E-state index contributed by atoms with van der Waals surface area (Å²) in [7, 11) is 0. The molecule has 186 valence electrons. The van der Waals surface area contributed by atoms with Crippen LogP contribution in [0.25, 0.3) is 22.3 Å². The van der Waals surface area contributed by atoms with E-state index >= 15 is 4.39 Å². The number of carbonyl (C=O) groups excluding carboxylic acids is 2. The first-order valence-corrected chi connectivity index (χ1v) is 12.3. The highest BCUT2D eigenvalue weighted by Crippen LogP contribution is 2.32. The molecule has 0 saturated heterocycles. The molecule has 0 atom stereocenters. The summed E-state index contributed by atoms with van der Waals surface area (Å²) in [6, 6.07) is 18.9. The standard InChI is InChI=1S/C30H29FO4S/c1-3-29(32)34-16-13-21-5-9-23(10-6-21)26-20-28(31)27(19-25(26)15-18-36)24-11-7-22(8-12-24)14-17-35-30(33)4-2/h3-12,19-20,36H,1-2,13-18H2. The van der Waals surface area contributed by atoms with Gasteiger partial charge in [0.05, 0.1) is 13.2 Å². The van der Waals surface area contributed by atoms with Crippen molar-refractivity contribution in [1.82, 2.24) is 0 Å². The SMILES string of the molecule is C=CC(=O)OCCc1ccc(-c2cc(CCS)c(-c3ccc(CCOC(=O)C=C)cc3)cc2F)cc1. The summed E-state index contributed by atoms with van der Waals surface area (Å²) in [5.41, 5.74) is 6.06. The second kappa shape index (κ2) is 13.4. The van der Waals surface area contributed by atoms with Crippen molar-refractivity contribution in [1.29, 1.82) is 0 Å². The van der Waals surface area contributed by atoms with Crippen LogP contribution in [0.1, 0.15) is 16.7 Å². The van der Waals surface area contributed by atoms with Gasteiger partial charge in [0.15, 0.2) is 0 Å². The van der Waals surface area contributed by atoms with E-state index in [2.05, 4.69) is 25.8 Å². The maximum Gasteiger partial charge on any atom is 0.330 e. The maximum absolute atomic E-state index is 15.3. The Balaban J connectivity index is 1.78. The lowest BCUT2D eigenvalue weighted by atomic mass is 9.92. The molecule has 0 fully saturated rings. The van der Waals surface area contributed by atoms with Gasteiger partial charge in [-0.3, -0.25) is 0 Å². The Hall–Kier alpha value is -3.64. The van der Waals surface area contributed by atoms with E-state index in [1.807, 2.05) is 54.6 Å². The quantitative estimate of drug-likeness (QED) is 0.182. The first-order chi connectivity index (χ1) is 17.4. The number of aryl methyl sites for hydroxylation is 1. The third-order valence-electron chi connectivity index (χ3n) is 5.71. The van der Waals surface area contributed by atoms with E-state index in [0.717, 1.165) is 45.5 Å². The van der Waals surface area contributed by atoms with Gasteiger partial charge in [-0.05, 0) is 57.7 Å². The van der Waals surface area contributed by atoms with Gasteiger partial charge in [-0.25, -0.2) is 14.0 Å². The van der Waals surface area contributed by atoms with E-state index < -0.39 is 11.9 Å². The summed E-state index contributed by atoms with van der Waals surface area (Å²) in [4.78, 5) is 22.4. The monoisotopic (exact) mass is 504 g/mol. The van der Waals surface area contributed by atoms with Gasteiger partial charge in [-0.1, -0.05) is 61.7 Å². The van der Waals surface area contributed by atoms with E-state index in [4.69, 9.17) is 9.47 Å². The fourth-order valence-electron chi connectivity index (χ4n) is 3.79. The Morgan fingerprint density at radius 3 is 1.67 bits per heavy atom. The Morgan fingerprint density at radius 2 is 1.22 bits per heavy atom. The molecule has 0 saturated carbocycles. The predicted octanol–water partition coefficient (Wildman–Crippen LogP) is 6.18. The largest absolute Gasteiger partial charge is 0.462 e. The molecular formula is C30H29FO4S. The topological polar surface area (TPSA) is 52.6 Å². The molecular weight excluding hydrogens is 475 g/mol. The number of carbonyl (C=O) groups is 2. The summed E-state index contributed by atoms with van der Waals surface area (Å²) >= 11 is 4.40. The number of rotatable bonds is 12. The molecule has 0 unspecified atom stereocenters. The zero-order valence-corrected chi connectivity index (χ0v) is 20.9. The Morgan fingerprint density at radius 1 is 0.750 bits per heavy atom. The maximum atomic E-state index is 15.3. The second-order valence-corrected chi connectivity index (χ2v) is 8.55. The molecule has 6 heteroatoms. The van der Waals surface area contributed by atoms with Gasteiger partial charge in [-0.15, -0.1) is 0 Å². The molecule has 0 N–H and O–H groups in total. The Labute approximate surface area is 216 Å². The van der Waals surface area contributed by atoms with Crippen molar-refractivity contribution in [3.05, 3.63) is 108 Å². The van der Waals surface area contributed by atoms with Gasteiger partial charge < -0.3 is 9.47 Å². The van der Waals surface area contributed by atoms with Crippen LogP contribution in [0.5, 0.6) is 0 Å². The lowest BCUT2D eigenvalue weighted by Crippen LogP contribution is -2.04. The number of benzene rings is 3. The summed E-state index contributed by atoms with van der Waals surface area (Å²) in [6.07, 6.45) is 4.12. The van der Waals surface area contributed by atoms with E-state index in [9.17, 15) is 9.59 Å². The Kier molecular flexibility index (Phi) is 10.1. The van der Waals surface area contributed by atoms with Crippen molar-refractivity contribution >= 4 is 24.6 Å². The van der Waals surface area contributed by atoms with Gasteiger partial charge >= 0.3 is 11.9 Å². The van der Waals surface area contributed by atoms with Crippen molar-refractivity contribution in [3.8, 4) is 22.3 Å². The number of halogens is 1. The fraction of sp³-hybridized carbons (Fsp3) is 0.200. The first-order valence-electron chi connectivity index (χ1n) is 11.7. The third-order valence-corrected chi connectivity index (χ3v) is 5.93. The molecule has 0 amide bonds. The third kappa shape index (κ3) is 7.43. The molecule has 0 aromatic heterocycles. The van der Waals surface area contributed by atoms with Crippen LogP contribution in [0, 0.1) is 5.82 Å². The Bertz CT molecular complexity index is 1220. The molecule has 3 rings (SSSR count). The minimum atomic E-state index is -0.450. The minimum Gasteiger partial charge on any atom is -0.462 e. The van der Waals surface area contributed by atoms with Crippen molar-refractivity contribution in [2.24, 2.45) is 0 Å². The van der Waals surface area contributed by atoms with Crippen LogP contribution in [0.2, 0.25) is 0 Å². The molecule has 3 aromatic rings. The summed E-state index contributed by atoms with van der Waals surface area (Å²) in [6.45, 7) is 7.29. The van der Waals surface area contributed by atoms with Crippen molar-refractivity contribution in [2.45, 2.75) is 19.3 Å². The van der Waals surface area contributed by atoms with Crippen LogP contribution in [-0.2, 0) is 38.3 Å². The normalized spacial score (nSPS) is 10.5. The number of ether oxygens (including phenoxy) is 2. The molecule has 4 nitrogen and oxygen atoms in total. The van der Waals surface area contributed by atoms with E-state index in [1.54, 1.807) is 6.07 Å². The van der Waals surface area contributed by atoms with E-state index in [0.29, 0.717) is 30.6 Å². The zero-order valence-electron chi connectivity index (χ0n) is 20.0. The molecule has 0 radical (unpaired) electrons. The van der Waals surface area contributed by atoms with E-state index in [1.165, 1.54) is 0 Å². The smallest absolute Gasteiger partial charge is 0.330 e. The van der Waals surface area contributed by atoms with Crippen molar-refractivity contribution in [3.63, 3.8) is 0 Å². The lowest BCUT2D eigenvalue weighted by molar-refractivity contribution is -0.138. The molecule has 0 aliphatic rings. The van der Waals surface area contributed by atoms with Crippen LogP contribution in [0.4, 0.5) is 4.39 Å². The highest BCUT2D eigenvalue weighted by Gasteiger charge is 2.13. The molecule has 0 aliphatic heterocycles. The van der Waals surface area contributed by atoms with Crippen LogP contribution in [0.15, 0.2) is 86.0 Å². The fourth-order valence-corrected chi connectivity index (χ4v) is 4.03. The van der Waals surface area contributed by atoms with Gasteiger partial charge in [0, 0.05) is 30.6 Å². The highest BCUT2D eigenvalue weighted by atomic mass is 32.1. The van der Waals surface area contributed by atoms with Crippen LogP contribution < -0.4 is 0 Å². The van der Waals surface area contributed by atoms with Crippen LogP contribution >= 0.6 is 12.6 Å². The summed E-state index contributed by atoms with van der Waals surface area (Å²) in [5.74, 6) is -0.565. The average molecular weight is 505 g/mol. The van der Waals surface area contributed by atoms with E-state index in [-0.39, 0.29) is 19.0 Å². The highest BCUT2D eigenvalue weighted by molar-refractivity contribution is 7.80. The molecule has 3 aromatic carbocycles. The predicted molar refractivity (Wildman–Crippen MR) is 145 cm³/mol. The average Bonchev–Trinajstić information content (AvgIpc) is 2.90. The molecule has 0 heterocycles. The van der Waals surface area contributed by atoms with Crippen molar-refractivity contribution in [2.75, 3.05) is 19.0 Å². The minimum absolute atomic E-state index is 0.262. The van der Waals surface area contributed by atoms with Gasteiger partial charge in [0.1, 0.15) is 5.82 Å². The summed E-state index contributed by atoms with van der Waals surface area (Å²) in [5, 5.41) is 0. The molecule has 0 aliphatic carbocycles. The van der Waals surface area contributed by atoms with Crippen LogP contribution in [-0.4, -0.2) is 30.9 Å². The molecule has 0 bridgehead atoms. The number of esters is 2. The van der Waals surface area contributed by atoms with Gasteiger partial charge in [0.2, 0.25) is 0 Å².